The number of benzene rings is 1. The number of nitrogens with zero attached hydrogens (tertiary/aromatic N) is 2. The molecule has 1 amide bonds. The van der Waals surface area contributed by atoms with Gasteiger partial charge in [0.25, 0.3) is 5.91 Å². The predicted octanol–water partition coefficient (Wildman–Crippen LogP) is 3.01. The van der Waals surface area contributed by atoms with Crippen LogP contribution in [-0.2, 0) is 6.42 Å². The van der Waals surface area contributed by atoms with Crippen LogP contribution in [0.3, 0.4) is 0 Å². The van der Waals surface area contributed by atoms with Crippen molar-refractivity contribution in [2.75, 3.05) is 26.2 Å². The first-order chi connectivity index (χ1) is 13.8. The fraction of sp³-hybridized carbons (Fsp3) is 0.318. The van der Waals surface area contributed by atoms with Gasteiger partial charge in [0.1, 0.15) is 17.9 Å². The number of fused-ring (bicyclic) bond motifs is 1. The maximum atomic E-state index is 12.4. The Morgan fingerprint density at radius 3 is 3.00 bits per heavy atom. The minimum absolute atomic E-state index is 0. The number of rotatable bonds is 7. The molecule has 152 valence electrons. The average molecular weight is 413 g/mol. The Morgan fingerprint density at radius 1 is 1.24 bits per heavy atom. The van der Waals surface area contributed by atoms with E-state index in [4.69, 9.17) is 4.74 Å². The molecule has 1 fully saturated rings. The van der Waals surface area contributed by atoms with Gasteiger partial charge in [0, 0.05) is 24.0 Å². The summed E-state index contributed by atoms with van der Waals surface area (Å²) in [6.07, 6.45) is 7.35. The van der Waals surface area contributed by atoms with Crippen molar-refractivity contribution < 1.29 is 9.53 Å². The first-order valence-electron chi connectivity index (χ1n) is 9.69. The molecule has 29 heavy (non-hydrogen) atoms. The van der Waals surface area contributed by atoms with Crippen molar-refractivity contribution in [3.8, 4) is 5.75 Å². The molecule has 0 bridgehead atoms. The van der Waals surface area contributed by atoms with Crippen LogP contribution in [0.4, 0.5) is 0 Å². The molecule has 1 aliphatic rings. The third-order valence-electron chi connectivity index (χ3n) is 4.98. The van der Waals surface area contributed by atoms with Gasteiger partial charge in [-0.1, -0.05) is 18.2 Å². The topological polar surface area (TPSA) is 76.1 Å². The number of para-hydroxylation sites is 1. The molecule has 4 rings (SSSR count). The average Bonchev–Trinajstić information content (AvgIpc) is 3.24. The molecule has 2 aromatic heterocycles. The van der Waals surface area contributed by atoms with Gasteiger partial charge < -0.3 is 15.4 Å². The van der Waals surface area contributed by atoms with E-state index in [-0.39, 0.29) is 18.3 Å². The highest BCUT2D eigenvalue weighted by Gasteiger charge is 2.16. The van der Waals surface area contributed by atoms with Gasteiger partial charge in [-0.2, -0.15) is 0 Å². The highest BCUT2D eigenvalue weighted by molar-refractivity contribution is 5.94. The lowest BCUT2D eigenvalue weighted by Gasteiger charge is -2.11. The van der Waals surface area contributed by atoms with Crippen molar-refractivity contribution in [3.63, 3.8) is 0 Å². The lowest BCUT2D eigenvalue weighted by molar-refractivity contribution is 0.0946. The molecule has 2 N–H and O–H groups in total. The Hall–Kier alpha value is -2.70. The van der Waals surface area contributed by atoms with Crippen LogP contribution in [0.25, 0.3) is 10.9 Å². The molecule has 6 nitrogen and oxygen atoms in total. The van der Waals surface area contributed by atoms with Crippen molar-refractivity contribution in [2.24, 2.45) is 5.92 Å². The summed E-state index contributed by atoms with van der Waals surface area (Å²) in [5.41, 5.74) is 2.53. The van der Waals surface area contributed by atoms with Gasteiger partial charge in [0.15, 0.2) is 0 Å². The molecule has 0 spiro atoms. The first-order valence-corrected chi connectivity index (χ1v) is 9.69. The highest BCUT2D eigenvalue weighted by atomic mass is 35.5. The number of amides is 1. The van der Waals surface area contributed by atoms with Crippen molar-refractivity contribution >= 4 is 29.2 Å². The summed E-state index contributed by atoms with van der Waals surface area (Å²) >= 11 is 0. The predicted molar refractivity (Wildman–Crippen MR) is 116 cm³/mol. The Kier molecular flexibility index (Phi) is 7.38. The Bertz CT molecular complexity index is 955. The summed E-state index contributed by atoms with van der Waals surface area (Å²) in [5.74, 6) is 1.22. The molecule has 1 unspecified atom stereocenters. The van der Waals surface area contributed by atoms with Crippen molar-refractivity contribution in [2.45, 2.75) is 12.8 Å². The lowest BCUT2D eigenvalue weighted by Crippen LogP contribution is -2.28. The Morgan fingerprint density at radius 2 is 2.14 bits per heavy atom. The van der Waals surface area contributed by atoms with Crippen LogP contribution in [0.2, 0.25) is 0 Å². The van der Waals surface area contributed by atoms with E-state index < -0.39 is 0 Å². The van der Waals surface area contributed by atoms with Gasteiger partial charge in [-0.3, -0.25) is 14.8 Å². The molecule has 1 aliphatic heterocycles. The van der Waals surface area contributed by atoms with Gasteiger partial charge in [-0.15, -0.1) is 12.4 Å². The summed E-state index contributed by atoms with van der Waals surface area (Å²) in [6.45, 7) is 2.91. The van der Waals surface area contributed by atoms with E-state index >= 15 is 0 Å². The summed E-state index contributed by atoms with van der Waals surface area (Å²) in [4.78, 5) is 21.0. The van der Waals surface area contributed by atoms with E-state index in [0.29, 0.717) is 24.6 Å². The van der Waals surface area contributed by atoms with Gasteiger partial charge in [-0.05, 0) is 55.6 Å². The van der Waals surface area contributed by atoms with E-state index in [1.54, 1.807) is 12.4 Å². The van der Waals surface area contributed by atoms with Crippen LogP contribution in [0.5, 0.6) is 5.75 Å². The molecule has 0 radical (unpaired) electrons. The summed E-state index contributed by atoms with van der Waals surface area (Å²) in [6, 6.07) is 11.7. The van der Waals surface area contributed by atoms with E-state index in [1.165, 1.54) is 6.42 Å². The second-order valence-corrected chi connectivity index (χ2v) is 7.08. The number of pyridine rings is 2. The number of hydrogen-bond donors (Lipinski definition) is 2. The minimum Gasteiger partial charge on any atom is -0.489 e. The molecule has 3 aromatic rings. The Balaban J connectivity index is 0.00000240. The third kappa shape index (κ3) is 5.43. The van der Waals surface area contributed by atoms with Crippen LogP contribution in [-0.4, -0.2) is 42.1 Å². The summed E-state index contributed by atoms with van der Waals surface area (Å²) in [7, 11) is 0. The minimum atomic E-state index is -0.126. The molecule has 1 saturated heterocycles. The number of carbonyl (C=O) groups excluding carboxylic acids is 1. The van der Waals surface area contributed by atoms with Crippen LogP contribution in [0.15, 0.2) is 55.0 Å². The smallest absolute Gasteiger partial charge is 0.252 e. The Labute approximate surface area is 176 Å². The van der Waals surface area contributed by atoms with Gasteiger partial charge in [0.2, 0.25) is 0 Å². The van der Waals surface area contributed by atoms with E-state index in [2.05, 4.69) is 20.6 Å². The third-order valence-corrected chi connectivity index (χ3v) is 4.98. The zero-order chi connectivity index (χ0) is 19.2. The molecular weight excluding hydrogens is 388 g/mol. The largest absolute Gasteiger partial charge is 0.489 e. The van der Waals surface area contributed by atoms with E-state index in [0.717, 1.165) is 41.7 Å². The van der Waals surface area contributed by atoms with Gasteiger partial charge in [0.05, 0.1) is 12.1 Å². The molecule has 3 heterocycles. The fourth-order valence-corrected chi connectivity index (χ4v) is 3.57. The zero-order valence-electron chi connectivity index (χ0n) is 16.1. The number of hydrogen-bond acceptors (Lipinski definition) is 5. The normalized spacial score (nSPS) is 15.7. The highest BCUT2D eigenvalue weighted by Crippen LogP contribution is 2.22. The SMILES string of the molecule is Cl.O=C(NCCOc1cccc2cccnc12)c1cncc(CC2CCNC2)c1. The molecule has 7 heteroatoms. The number of halogens is 1. The molecule has 1 atom stereocenters. The summed E-state index contributed by atoms with van der Waals surface area (Å²) < 4.78 is 5.82. The number of carbonyl (C=O) groups is 1. The second kappa shape index (κ2) is 10.2. The molecule has 0 saturated carbocycles. The molecule has 0 aliphatic carbocycles. The van der Waals surface area contributed by atoms with E-state index in [9.17, 15) is 4.79 Å². The quantitative estimate of drug-likeness (QED) is 0.583. The van der Waals surface area contributed by atoms with Crippen molar-refractivity contribution in [3.05, 3.63) is 66.1 Å². The maximum absolute atomic E-state index is 12.4. The van der Waals surface area contributed by atoms with Crippen LogP contribution in [0.1, 0.15) is 22.3 Å². The van der Waals surface area contributed by atoms with E-state index in [1.807, 2.05) is 42.6 Å². The molecular formula is C22H25ClN4O2. The van der Waals surface area contributed by atoms with Gasteiger partial charge in [-0.25, -0.2) is 0 Å². The van der Waals surface area contributed by atoms with Crippen molar-refractivity contribution in [1.82, 2.24) is 20.6 Å². The second-order valence-electron chi connectivity index (χ2n) is 7.08. The van der Waals surface area contributed by atoms with Crippen molar-refractivity contribution in [1.29, 1.82) is 0 Å². The van der Waals surface area contributed by atoms with Gasteiger partial charge >= 0.3 is 0 Å². The lowest BCUT2D eigenvalue weighted by atomic mass is 9.99. The standard InChI is InChI=1S/C22H24N4O2.ClH/c27-22(19-12-17(14-24-15-19)11-16-6-8-23-13-16)26-9-10-28-20-5-1-3-18-4-2-7-25-21(18)20;/h1-5,7,12,14-16,23H,6,8-11,13H2,(H,26,27);1H. The number of ether oxygens (including phenoxy) is 1. The van der Waals surface area contributed by atoms with Crippen LogP contribution < -0.4 is 15.4 Å². The number of aromatic nitrogens is 2. The zero-order valence-corrected chi connectivity index (χ0v) is 17.0. The first kappa shape index (κ1) is 21.0. The van der Waals surface area contributed by atoms with Crippen LogP contribution >= 0.6 is 12.4 Å². The fourth-order valence-electron chi connectivity index (χ4n) is 3.57. The maximum Gasteiger partial charge on any atom is 0.252 e. The van der Waals surface area contributed by atoms with Crippen LogP contribution in [0, 0.1) is 5.92 Å². The number of nitrogens with one attached hydrogen (secondary N) is 2. The molecule has 1 aromatic carbocycles. The summed E-state index contributed by atoms with van der Waals surface area (Å²) in [5, 5.41) is 7.30. The monoisotopic (exact) mass is 412 g/mol.